The lowest BCUT2D eigenvalue weighted by molar-refractivity contribution is 0.0891. The number of nitrogens with zero attached hydrogens (tertiary/aromatic N) is 2. The number of hydrogen-bond donors (Lipinski definition) is 1. The third-order valence-electron chi connectivity index (χ3n) is 6.19. The number of hydrogen-bond acceptors (Lipinski definition) is 2. The van der Waals surface area contributed by atoms with Crippen LogP contribution in [0.25, 0.3) is 16.7 Å². The first-order valence-electron chi connectivity index (χ1n) is 10.00. The molecule has 4 rings (SSSR count). The summed E-state index contributed by atoms with van der Waals surface area (Å²) in [5, 5.41) is 3.26. The summed E-state index contributed by atoms with van der Waals surface area (Å²) >= 11 is 3.48. The number of aromatic nitrogens is 2. The molecule has 0 bridgehead atoms. The van der Waals surface area contributed by atoms with E-state index < -0.39 is 0 Å². The smallest absolute Gasteiger partial charge is 0.251 e. The maximum Gasteiger partial charge on any atom is 0.251 e. The van der Waals surface area contributed by atoms with E-state index in [1.165, 1.54) is 12.8 Å². The van der Waals surface area contributed by atoms with Crippen LogP contribution in [-0.4, -0.2) is 21.5 Å². The molecule has 28 heavy (non-hydrogen) atoms. The van der Waals surface area contributed by atoms with E-state index in [9.17, 15) is 4.79 Å². The second-order valence-corrected chi connectivity index (χ2v) is 8.94. The molecule has 3 aromatic rings. The van der Waals surface area contributed by atoms with Crippen LogP contribution in [0, 0.1) is 18.8 Å². The number of fused-ring (bicyclic) bond motifs is 1. The van der Waals surface area contributed by atoms with Crippen molar-refractivity contribution in [1.29, 1.82) is 0 Å². The summed E-state index contributed by atoms with van der Waals surface area (Å²) in [5.41, 5.74) is 3.60. The van der Waals surface area contributed by atoms with E-state index in [0.29, 0.717) is 17.4 Å². The molecule has 0 aliphatic heterocycles. The highest BCUT2D eigenvalue weighted by atomic mass is 79.9. The van der Waals surface area contributed by atoms with Crippen molar-refractivity contribution in [3.8, 4) is 5.69 Å². The monoisotopic (exact) mass is 439 g/mol. The lowest BCUT2D eigenvalue weighted by Gasteiger charge is -2.34. The maximum absolute atomic E-state index is 12.9. The van der Waals surface area contributed by atoms with Gasteiger partial charge in [0.05, 0.1) is 11.0 Å². The van der Waals surface area contributed by atoms with Crippen LogP contribution >= 0.6 is 15.9 Å². The lowest BCUT2D eigenvalue weighted by atomic mass is 9.78. The maximum atomic E-state index is 12.9. The highest BCUT2D eigenvalue weighted by Crippen LogP contribution is 2.30. The van der Waals surface area contributed by atoms with Crippen molar-refractivity contribution in [3.05, 3.63) is 58.3 Å². The predicted octanol–water partition coefficient (Wildman–Crippen LogP) is 5.65. The Morgan fingerprint density at radius 2 is 1.89 bits per heavy atom. The third kappa shape index (κ3) is 3.60. The van der Waals surface area contributed by atoms with Crippen LogP contribution in [0.2, 0.25) is 0 Å². The summed E-state index contributed by atoms with van der Waals surface area (Å²) in [4.78, 5) is 17.6. The fourth-order valence-corrected chi connectivity index (χ4v) is 4.56. The molecular formula is C23H26BrN3O. The molecule has 0 spiro atoms. The largest absolute Gasteiger partial charge is 0.349 e. The van der Waals surface area contributed by atoms with Gasteiger partial charge in [-0.05, 0) is 67.6 Å². The van der Waals surface area contributed by atoms with Gasteiger partial charge in [-0.15, -0.1) is 0 Å². The van der Waals surface area contributed by atoms with Gasteiger partial charge in [-0.1, -0.05) is 42.6 Å². The van der Waals surface area contributed by atoms with E-state index in [0.717, 1.165) is 33.4 Å². The molecule has 1 aliphatic carbocycles. The molecule has 1 N–H and O–H groups in total. The van der Waals surface area contributed by atoms with Crippen molar-refractivity contribution in [3.63, 3.8) is 0 Å². The second-order valence-electron chi connectivity index (χ2n) is 8.02. The molecule has 4 nitrogen and oxygen atoms in total. The standard InChI is InChI=1S/C23H26BrN3O/c1-14-5-4-6-20(15(14)2)26-23(28)17-7-12-22-21(13-17)25-16(3)27(22)19-10-8-18(24)9-11-19/h7-15,20H,4-6H2,1-3H3,(H,26,28). The Bertz CT molecular complexity index is 1010. The Balaban J connectivity index is 1.62. The highest BCUT2D eigenvalue weighted by Gasteiger charge is 2.28. The minimum absolute atomic E-state index is 0.00342. The normalized spacial score (nSPS) is 22.4. The van der Waals surface area contributed by atoms with E-state index in [1.54, 1.807) is 0 Å². The zero-order valence-corrected chi connectivity index (χ0v) is 18.2. The molecule has 146 valence electrons. The van der Waals surface area contributed by atoms with Crippen LogP contribution in [0.5, 0.6) is 0 Å². The lowest BCUT2D eigenvalue weighted by Crippen LogP contribution is -2.43. The molecule has 1 aliphatic rings. The van der Waals surface area contributed by atoms with E-state index >= 15 is 0 Å². The quantitative estimate of drug-likeness (QED) is 0.572. The van der Waals surface area contributed by atoms with Crippen LogP contribution < -0.4 is 5.32 Å². The van der Waals surface area contributed by atoms with Crippen molar-refractivity contribution >= 4 is 32.9 Å². The zero-order chi connectivity index (χ0) is 19.8. The van der Waals surface area contributed by atoms with E-state index in [-0.39, 0.29) is 11.9 Å². The van der Waals surface area contributed by atoms with E-state index in [1.807, 2.05) is 37.3 Å². The molecule has 2 aromatic carbocycles. The first kappa shape index (κ1) is 19.2. The first-order valence-corrected chi connectivity index (χ1v) is 10.8. The number of rotatable bonds is 3. The summed E-state index contributed by atoms with van der Waals surface area (Å²) in [7, 11) is 0. The van der Waals surface area contributed by atoms with Gasteiger partial charge in [0.15, 0.2) is 0 Å². The molecule has 0 radical (unpaired) electrons. The van der Waals surface area contributed by atoms with E-state index in [2.05, 4.69) is 51.8 Å². The fraction of sp³-hybridized carbons (Fsp3) is 0.391. The summed E-state index contributed by atoms with van der Waals surface area (Å²) in [5.74, 6) is 2.08. The number of benzene rings is 2. The number of halogens is 1. The molecule has 3 unspecified atom stereocenters. The summed E-state index contributed by atoms with van der Waals surface area (Å²) < 4.78 is 3.16. The van der Waals surface area contributed by atoms with Gasteiger partial charge < -0.3 is 5.32 Å². The number of carbonyl (C=O) groups is 1. The average molecular weight is 440 g/mol. The first-order chi connectivity index (χ1) is 13.4. The van der Waals surface area contributed by atoms with Crippen LogP contribution in [0.4, 0.5) is 0 Å². The van der Waals surface area contributed by atoms with Gasteiger partial charge in [0, 0.05) is 21.8 Å². The van der Waals surface area contributed by atoms with Gasteiger partial charge in [0.25, 0.3) is 5.91 Å². The Hall–Kier alpha value is -2.14. The van der Waals surface area contributed by atoms with Crippen molar-refractivity contribution in [2.75, 3.05) is 0 Å². The van der Waals surface area contributed by atoms with Gasteiger partial charge in [0.1, 0.15) is 5.82 Å². The Morgan fingerprint density at radius 1 is 1.14 bits per heavy atom. The fourth-order valence-electron chi connectivity index (χ4n) is 4.30. The number of carbonyl (C=O) groups excluding carboxylic acids is 1. The van der Waals surface area contributed by atoms with Crippen LogP contribution in [0.3, 0.4) is 0 Å². The van der Waals surface area contributed by atoms with Crippen molar-refractivity contribution in [2.24, 2.45) is 11.8 Å². The SMILES string of the molecule is Cc1nc2cc(C(=O)NC3CCCC(C)C3C)ccc2n1-c1ccc(Br)cc1. The predicted molar refractivity (Wildman–Crippen MR) is 117 cm³/mol. The number of amides is 1. The summed E-state index contributed by atoms with van der Waals surface area (Å²) in [6, 6.07) is 14.2. The van der Waals surface area contributed by atoms with Crippen LogP contribution in [-0.2, 0) is 0 Å². The molecule has 1 heterocycles. The molecule has 1 fully saturated rings. The molecule has 5 heteroatoms. The van der Waals surface area contributed by atoms with Gasteiger partial charge in [-0.25, -0.2) is 4.98 Å². The molecule has 1 aromatic heterocycles. The molecular weight excluding hydrogens is 414 g/mol. The number of nitrogens with one attached hydrogen (secondary N) is 1. The van der Waals surface area contributed by atoms with Gasteiger partial charge >= 0.3 is 0 Å². The molecule has 3 atom stereocenters. The van der Waals surface area contributed by atoms with Gasteiger partial charge in [-0.3, -0.25) is 9.36 Å². The second kappa shape index (κ2) is 7.70. The Morgan fingerprint density at radius 3 is 2.64 bits per heavy atom. The molecule has 1 saturated carbocycles. The van der Waals surface area contributed by atoms with Crippen molar-refractivity contribution in [1.82, 2.24) is 14.9 Å². The van der Waals surface area contributed by atoms with Crippen molar-refractivity contribution in [2.45, 2.75) is 46.1 Å². The topological polar surface area (TPSA) is 46.9 Å². The third-order valence-corrected chi connectivity index (χ3v) is 6.72. The number of aryl methyl sites for hydroxylation is 1. The summed E-state index contributed by atoms with van der Waals surface area (Å²) in [6.07, 6.45) is 3.51. The Kier molecular flexibility index (Phi) is 5.28. The molecule has 0 saturated heterocycles. The van der Waals surface area contributed by atoms with Crippen LogP contribution in [0.15, 0.2) is 46.9 Å². The van der Waals surface area contributed by atoms with Crippen LogP contribution in [0.1, 0.15) is 49.3 Å². The summed E-state index contributed by atoms with van der Waals surface area (Å²) in [6.45, 7) is 6.53. The van der Waals surface area contributed by atoms with E-state index in [4.69, 9.17) is 4.98 Å². The van der Waals surface area contributed by atoms with Gasteiger partial charge in [0.2, 0.25) is 0 Å². The average Bonchev–Trinajstić information content (AvgIpc) is 3.01. The minimum Gasteiger partial charge on any atom is -0.349 e. The zero-order valence-electron chi connectivity index (χ0n) is 16.6. The van der Waals surface area contributed by atoms with Gasteiger partial charge in [-0.2, -0.15) is 0 Å². The molecule has 1 amide bonds. The van der Waals surface area contributed by atoms with Crippen molar-refractivity contribution < 1.29 is 4.79 Å². The number of imidazole rings is 1. The highest BCUT2D eigenvalue weighted by molar-refractivity contribution is 9.10. The minimum atomic E-state index is 0.00342. The Labute approximate surface area is 174 Å².